The van der Waals surface area contributed by atoms with Crippen LogP contribution in [0.15, 0.2) is 47.6 Å². The third kappa shape index (κ3) is 8.01. The first-order chi connectivity index (χ1) is 14.5. The molecule has 1 fully saturated rings. The second-order valence-corrected chi connectivity index (χ2v) is 7.76. The van der Waals surface area contributed by atoms with Crippen molar-refractivity contribution >= 4 is 64.7 Å². The van der Waals surface area contributed by atoms with Crippen molar-refractivity contribution in [3.8, 4) is 0 Å². The summed E-state index contributed by atoms with van der Waals surface area (Å²) in [6.07, 6.45) is 2.54. The number of pyridine rings is 1. The topological polar surface area (TPSA) is 72.9 Å². The predicted octanol–water partition coefficient (Wildman–Crippen LogP) is 3.06. The van der Waals surface area contributed by atoms with Crippen molar-refractivity contribution in [2.75, 3.05) is 51.2 Å². The Kier molecular flexibility index (Phi) is 10.6. The van der Waals surface area contributed by atoms with Crippen molar-refractivity contribution in [1.29, 1.82) is 0 Å². The molecule has 3 rings (SSSR count). The van der Waals surface area contributed by atoms with Crippen LogP contribution in [0.25, 0.3) is 0 Å². The average Bonchev–Trinajstić information content (AvgIpc) is 2.78. The highest BCUT2D eigenvalue weighted by atomic mass is 127. The molecule has 0 bridgehead atoms. The van der Waals surface area contributed by atoms with Crippen molar-refractivity contribution in [3.05, 3.63) is 58.3 Å². The number of guanidine groups is 1. The molecule has 0 aliphatic carbocycles. The van der Waals surface area contributed by atoms with Gasteiger partial charge in [-0.2, -0.15) is 0 Å². The van der Waals surface area contributed by atoms with Crippen LogP contribution in [0, 0.1) is 0 Å². The van der Waals surface area contributed by atoms with Crippen LogP contribution in [-0.4, -0.2) is 68.1 Å². The Morgan fingerprint density at radius 2 is 1.77 bits per heavy atom. The van der Waals surface area contributed by atoms with Gasteiger partial charge in [-0.1, -0.05) is 29.3 Å². The third-order valence-electron chi connectivity index (χ3n) is 4.95. The number of nitrogens with one attached hydrogen (secondary N) is 2. The summed E-state index contributed by atoms with van der Waals surface area (Å²) in [7, 11) is 1.69. The van der Waals surface area contributed by atoms with E-state index in [-0.39, 0.29) is 36.4 Å². The average molecular weight is 577 g/mol. The molecule has 0 spiro atoms. The van der Waals surface area contributed by atoms with E-state index in [1.807, 2.05) is 35.2 Å². The van der Waals surface area contributed by atoms with Gasteiger partial charge >= 0.3 is 0 Å². The lowest BCUT2D eigenvalue weighted by molar-refractivity contribution is -0.130. The van der Waals surface area contributed by atoms with Crippen LogP contribution in [0.4, 0.5) is 5.69 Å². The Hall–Kier alpha value is -1.78. The van der Waals surface area contributed by atoms with Crippen LogP contribution in [0.5, 0.6) is 0 Å². The van der Waals surface area contributed by atoms with Crippen LogP contribution in [0.3, 0.4) is 0 Å². The van der Waals surface area contributed by atoms with E-state index in [2.05, 4.69) is 25.5 Å². The molecule has 1 saturated heterocycles. The Balaban J connectivity index is 0.00000341. The zero-order valence-electron chi connectivity index (χ0n) is 17.4. The van der Waals surface area contributed by atoms with E-state index in [9.17, 15) is 4.79 Å². The minimum Gasteiger partial charge on any atom is -0.368 e. The van der Waals surface area contributed by atoms with Crippen molar-refractivity contribution < 1.29 is 4.79 Å². The van der Waals surface area contributed by atoms with E-state index in [0.29, 0.717) is 30.7 Å². The number of hydrogen-bond donors (Lipinski definition) is 2. The van der Waals surface area contributed by atoms with Gasteiger partial charge in [0.1, 0.15) is 5.15 Å². The molecule has 2 heterocycles. The zero-order chi connectivity index (χ0) is 21.3. The van der Waals surface area contributed by atoms with E-state index in [4.69, 9.17) is 23.2 Å². The molecule has 168 valence electrons. The monoisotopic (exact) mass is 576 g/mol. The van der Waals surface area contributed by atoms with Crippen LogP contribution >= 0.6 is 47.2 Å². The molecule has 0 unspecified atom stereocenters. The summed E-state index contributed by atoms with van der Waals surface area (Å²) in [6, 6.07) is 11.5. The maximum absolute atomic E-state index is 12.6. The van der Waals surface area contributed by atoms with Gasteiger partial charge in [0, 0.05) is 56.7 Å². The molecular formula is C21H27Cl2IN6O. The van der Waals surface area contributed by atoms with Crippen molar-refractivity contribution in [1.82, 2.24) is 20.5 Å². The van der Waals surface area contributed by atoms with Gasteiger partial charge in [0.25, 0.3) is 0 Å². The van der Waals surface area contributed by atoms with Gasteiger partial charge in [-0.15, -0.1) is 24.0 Å². The molecule has 0 atom stereocenters. The number of carbonyl (C=O) groups excluding carboxylic acids is 1. The first-order valence-corrected chi connectivity index (χ1v) is 10.6. The molecule has 1 amide bonds. The number of aromatic nitrogens is 1. The number of benzene rings is 1. The smallest absolute Gasteiger partial charge is 0.242 e. The van der Waals surface area contributed by atoms with E-state index in [0.717, 1.165) is 35.8 Å². The molecule has 1 aromatic heterocycles. The van der Waals surface area contributed by atoms with Gasteiger partial charge in [-0.3, -0.25) is 9.79 Å². The normalized spacial score (nSPS) is 14.1. The Morgan fingerprint density at radius 3 is 2.39 bits per heavy atom. The van der Waals surface area contributed by atoms with Crippen LogP contribution in [0.2, 0.25) is 10.2 Å². The van der Waals surface area contributed by atoms with E-state index in [1.54, 1.807) is 19.3 Å². The number of amides is 1. The highest BCUT2D eigenvalue weighted by Gasteiger charge is 2.21. The number of nitrogens with zero attached hydrogens (tertiary/aromatic N) is 4. The number of piperazine rings is 1. The highest BCUT2D eigenvalue weighted by Crippen LogP contribution is 2.19. The van der Waals surface area contributed by atoms with Gasteiger partial charge < -0.3 is 20.4 Å². The maximum Gasteiger partial charge on any atom is 0.242 e. The standard InChI is InChI=1S/C21H26Cl2N6O.HI/c1-24-21(25-9-8-16-2-7-19(23)26-14-16)27-15-20(30)29-12-10-28(11-13-29)18-5-3-17(22)4-6-18;/h2-7,14H,8-13,15H2,1H3,(H2,24,25,27);1H. The molecule has 1 aliphatic heterocycles. The largest absolute Gasteiger partial charge is 0.368 e. The predicted molar refractivity (Wildman–Crippen MR) is 138 cm³/mol. The fraction of sp³-hybridized carbons (Fsp3) is 0.381. The quantitative estimate of drug-likeness (QED) is 0.239. The number of hydrogen-bond acceptors (Lipinski definition) is 4. The van der Waals surface area contributed by atoms with Gasteiger partial charge in [0.2, 0.25) is 5.91 Å². The van der Waals surface area contributed by atoms with Crippen LogP contribution in [-0.2, 0) is 11.2 Å². The van der Waals surface area contributed by atoms with Crippen molar-refractivity contribution in [3.63, 3.8) is 0 Å². The highest BCUT2D eigenvalue weighted by molar-refractivity contribution is 14.0. The first-order valence-electron chi connectivity index (χ1n) is 9.88. The number of aliphatic imine (C=N–C) groups is 1. The summed E-state index contributed by atoms with van der Waals surface area (Å²) in [5.74, 6) is 0.667. The van der Waals surface area contributed by atoms with E-state index < -0.39 is 0 Å². The second kappa shape index (κ2) is 12.9. The van der Waals surface area contributed by atoms with E-state index in [1.165, 1.54) is 0 Å². The molecule has 2 N–H and O–H groups in total. The van der Waals surface area contributed by atoms with Crippen molar-refractivity contribution in [2.24, 2.45) is 4.99 Å². The molecule has 1 aliphatic rings. The minimum atomic E-state index is 0. The number of carbonyl (C=O) groups is 1. The Bertz CT molecular complexity index is 855. The molecule has 0 saturated carbocycles. The third-order valence-corrected chi connectivity index (χ3v) is 5.43. The molecule has 31 heavy (non-hydrogen) atoms. The Labute approximate surface area is 210 Å². The lowest BCUT2D eigenvalue weighted by Gasteiger charge is -2.36. The molecule has 10 heteroatoms. The fourth-order valence-electron chi connectivity index (χ4n) is 3.24. The number of halogens is 3. The number of rotatable bonds is 6. The summed E-state index contributed by atoms with van der Waals surface area (Å²) < 4.78 is 0. The lowest BCUT2D eigenvalue weighted by atomic mass is 10.2. The van der Waals surface area contributed by atoms with Gasteiger partial charge in [-0.05, 0) is 42.3 Å². The summed E-state index contributed by atoms with van der Waals surface area (Å²) in [5, 5.41) is 7.52. The first kappa shape index (κ1) is 25.5. The lowest BCUT2D eigenvalue weighted by Crippen LogP contribution is -2.52. The molecule has 1 aromatic carbocycles. The van der Waals surface area contributed by atoms with Gasteiger partial charge in [0.05, 0.1) is 6.54 Å². The SMILES string of the molecule is CN=C(NCCc1ccc(Cl)nc1)NCC(=O)N1CCN(c2ccc(Cl)cc2)CC1.I. The minimum absolute atomic E-state index is 0. The summed E-state index contributed by atoms with van der Waals surface area (Å²) >= 11 is 11.8. The summed E-state index contributed by atoms with van der Waals surface area (Å²) in [5.41, 5.74) is 2.21. The molecule has 2 aromatic rings. The maximum atomic E-state index is 12.6. The van der Waals surface area contributed by atoms with Crippen LogP contribution < -0.4 is 15.5 Å². The van der Waals surface area contributed by atoms with Crippen LogP contribution in [0.1, 0.15) is 5.56 Å². The molecule has 0 radical (unpaired) electrons. The Morgan fingerprint density at radius 1 is 1.06 bits per heavy atom. The van der Waals surface area contributed by atoms with Gasteiger partial charge in [-0.25, -0.2) is 4.98 Å². The summed E-state index contributed by atoms with van der Waals surface area (Å²) in [4.78, 5) is 24.9. The number of anilines is 1. The zero-order valence-corrected chi connectivity index (χ0v) is 21.2. The van der Waals surface area contributed by atoms with Gasteiger partial charge in [0.15, 0.2) is 5.96 Å². The second-order valence-electron chi connectivity index (χ2n) is 6.94. The molecular weight excluding hydrogens is 550 g/mol. The van der Waals surface area contributed by atoms with Crippen molar-refractivity contribution in [2.45, 2.75) is 6.42 Å². The summed E-state index contributed by atoms with van der Waals surface area (Å²) in [6.45, 7) is 3.88. The fourth-order valence-corrected chi connectivity index (χ4v) is 3.48. The molecule has 7 nitrogen and oxygen atoms in total. The van der Waals surface area contributed by atoms with E-state index >= 15 is 0 Å².